The summed E-state index contributed by atoms with van der Waals surface area (Å²) in [7, 11) is 0. The number of phenolic OH excluding ortho intramolecular Hbond substituents is 3. The summed E-state index contributed by atoms with van der Waals surface area (Å²) in [5.74, 6) is -1.83. The van der Waals surface area contributed by atoms with Gasteiger partial charge in [-0.1, -0.05) is 137 Å². The van der Waals surface area contributed by atoms with Gasteiger partial charge < -0.3 is 15.3 Å². The lowest BCUT2D eigenvalue weighted by Gasteiger charge is -2.38. The number of barbiturate groups is 1. The normalized spacial score (nSPS) is 15.6. The Labute approximate surface area is 342 Å². The molecule has 0 atom stereocenters. The van der Waals surface area contributed by atoms with Crippen molar-refractivity contribution >= 4 is 17.8 Å². The number of rotatable bonds is 6. The van der Waals surface area contributed by atoms with Crippen LogP contribution in [0.3, 0.4) is 0 Å². The van der Waals surface area contributed by atoms with Crippen molar-refractivity contribution in [2.24, 2.45) is 5.92 Å². The molecule has 1 saturated heterocycles. The zero-order chi connectivity index (χ0) is 43.8. The van der Waals surface area contributed by atoms with Crippen LogP contribution >= 0.6 is 0 Å². The number of nitrogens with zero attached hydrogens (tertiary/aromatic N) is 2. The van der Waals surface area contributed by atoms with Crippen LogP contribution in [0.2, 0.25) is 0 Å². The van der Waals surface area contributed by atoms with E-state index in [1.54, 1.807) is 0 Å². The fourth-order valence-corrected chi connectivity index (χ4v) is 7.70. The first-order chi connectivity index (χ1) is 25.5. The van der Waals surface area contributed by atoms with Gasteiger partial charge in [-0.2, -0.15) is 0 Å². The number of carbonyl (C=O) groups is 3. The van der Waals surface area contributed by atoms with E-state index in [2.05, 4.69) is 0 Å². The van der Waals surface area contributed by atoms with E-state index in [1.165, 1.54) is 9.80 Å². The molecular formula is C49H70N2O6. The summed E-state index contributed by atoms with van der Waals surface area (Å²) in [6, 6.07) is 10.5. The van der Waals surface area contributed by atoms with Crippen molar-refractivity contribution in [1.29, 1.82) is 0 Å². The maximum absolute atomic E-state index is 14.8. The molecule has 0 aliphatic carbocycles. The molecule has 0 spiro atoms. The van der Waals surface area contributed by atoms with Crippen LogP contribution in [0.4, 0.5) is 4.79 Å². The number of hydrogen-bond donors (Lipinski definition) is 3. The standard InChI is InChI=1S/C49H70N2O6/c1-44(2,3)32-20-28(21-33(38(32)52)45(4,5)6)19-31-41(55)50(26-29-22-34(46(7,8)9)39(53)35(23-29)47(10,11)12)43(57)51(42(31)56)27-30-24-36(48(13,14)15)40(54)37(25-30)49(16,17)18/h20-25,31,52-54H,19,26-27H2,1-18H3. The minimum Gasteiger partial charge on any atom is -0.507 e. The molecule has 312 valence electrons. The third-order valence-electron chi connectivity index (χ3n) is 11.1. The molecule has 8 nitrogen and oxygen atoms in total. The number of aromatic hydroxyl groups is 3. The lowest BCUT2D eigenvalue weighted by molar-refractivity contribution is -0.150. The van der Waals surface area contributed by atoms with Crippen LogP contribution in [-0.2, 0) is 61.6 Å². The Morgan fingerprint density at radius 1 is 0.404 bits per heavy atom. The SMILES string of the molecule is CC(C)(C)c1cc(CC2C(=O)N(Cc3cc(C(C)(C)C)c(O)c(C(C)(C)C)c3)C(=O)N(Cc3cc(C(C)(C)C)c(O)c(C(C)(C)C)c3)C2=O)cc(C(C)(C)C)c1O. The Morgan fingerprint density at radius 3 is 0.825 bits per heavy atom. The Kier molecular flexibility index (Phi) is 11.8. The highest BCUT2D eigenvalue weighted by molar-refractivity contribution is 6.16. The highest BCUT2D eigenvalue weighted by Crippen LogP contribution is 2.44. The van der Waals surface area contributed by atoms with Crippen molar-refractivity contribution < 1.29 is 29.7 Å². The molecule has 1 aliphatic rings. The van der Waals surface area contributed by atoms with E-state index < -0.39 is 56.3 Å². The van der Waals surface area contributed by atoms with Crippen LogP contribution in [0, 0.1) is 5.92 Å². The molecule has 3 aromatic rings. The molecule has 3 N–H and O–H groups in total. The minimum atomic E-state index is -1.23. The molecule has 0 radical (unpaired) electrons. The molecule has 0 saturated carbocycles. The van der Waals surface area contributed by atoms with E-state index in [9.17, 15) is 29.7 Å². The molecule has 8 heteroatoms. The van der Waals surface area contributed by atoms with Crippen LogP contribution in [0.15, 0.2) is 36.4 Å². The molecule has 4 rings (SSSR count). The first-order valence-corrected chi connectivity index (χ1v) is 20.3. The van der Waals surface area contributed by atoms with E-state index in [0.717, 1.165) is 0 Å². The molecule has 1 heterocycles. The number of carbonyl (C=O) groups excluding carboxylic acids is 3. The molecule has 0 aromatic heterocycles. The predicted octanol–water partition coefficient (Wildman–Crippen LogP) is 10.9. The fourth-order valence-electron chi connectivity index (χ4n) is 7.70. The zero-order valence-corrected chi connectivity index (χ0v) is 38.1. The first kappa shape index (κ1) is 45.4. The smallest absolute Gasteiger partial charge is 0.334 e. The Hall–Kier alpha value is -4.33. The lowest BCUT2D eigenvalue weighted by atomic mass is 9.77. The van der Waals surface area contributed by atoms with Crippen molar-refractivity contribution in [2.75, 3.05) is 0 Å². The van der Waals surface area contributed by atoms with E-state index >= 15 is 0 Å². The van der Waals surface area contributed by atoms with Crippen molar-refractivity contribution in [1.82, 2.24) is 9.80 Å². The van der Waals surface area contributed by atoms with Gasteiger partial charge in [0.05, 0.1) is 13.1 Å². The van der Waals surface area contributed by atoms with Gasteiger partial charge in [0, 0.05) is 0 Å². The van der Waals surface area contributed by atoms with Gasteiger partial charge >= 0.3 is 6.03 Å². The van der Waals surface area contributed by atoms with Crippen LogP contribution in [-0.4, -0.2) is 43.0 Å². The summed E-state index contributed by atoms with van der Waals surface area (Å²) in [6.07, 6.45) is 0.0243. The molecule has 3 aromatic carbocycles. The second-order valence-electron chi connectivity index (χ2n) is 22.5. The second-order valence-corrected chi connectivity index (χ2v) is 22.5. The largest absolute Gasteiger partial charge is 0.507 e. The average Bonchev–Trinajstić information content (AvgIpc) is 3.02. The summed E-state index contributed by atoms with van der Waals surface area (Å²) in [5.41, 5.74) is 3.66. The van der Waals surface area contributed by atoms with Crippen LogP contribution in [0.1, 0.15) is 175 Å². The second kappa shape index (κ2) is 14.8. The van der Waals surface area contributed by atoms with E-state index in [1.807, 2.05) is 161 Å². The van der Waals surface area contributed by atoms with Gasteiger partial charge in [0.1, 0.15) is 23.2 Å². The molecule has 4 amide bonds. The maximum atomic E-state index is 14.8. The number of urea groups is 1. The van der Waals surface area contributed by atoms with Gasteiger partial charge in [-0.05, 0) is 113 Å². The van der Waals surface area contributed by atoms with Gasteiger partial charge in [-0.3, -0.25) is 19.4 Å². The zero-order valence-electron chi connectivity index (χ0n) is 38.1. The van der Waals surface area contributed by atoms with Crippen molar-refractivity contribution in [2.45, 2.75) is 177 Å². The third kappa shape index (κ3) is 9.53. The Bertz CT molecular complexity index is 1710. The number of amides is 4. The van der Waals surface area contributed by atoms with Crippen LogP contribution in [0.25, 0.3) is 0 Å². The van der Waals surface area contributed by atoms with Crippen molar-refractivity contribution in [3.05, 3.63) is 86.5 Å². The summed E-state index contributed by atoms with van der Waals surface area (Å²) in [4.78, 5) is 46.6. The number of benzene rings is 3. The van der Waals surface area contributed by atoms with Crippen LogP contribution in [0.5, 0.6) is 17.2 Å². The topological polar surface area (TPSA) is 118 Å². The molecule has 0 unspecified atom stereocenters. The van der Waals surface area contributed by atoms with Crippen molar-refractivity contribution in [3.8, 4) is 17.2 Å². The van der Waals surface area contributed by atoms with Crippen molar-refractivity contribution in [3.63, 3.8) is 0 Å². The minimum absolute atomic E-state index is 0.0243. The third-order valence-corrected chi connectivity index (χ3v) is 11.1. The van der Waals surface area contributed by atoms with Gasteiger partial charge in [0.2, 0.25) is 11.8 Å². The fraction of sp³-hybridized carbons (Fsp3) is 0.571. The highest BCUT2D eigenvalue weighted by Gasteiger charge is 2.46. The van der Waals surface area contributed by atoms with Gasteiger partial charge in [0.15, 0.2) is 0 Å². The Morgan fingerprint density at radius 2 is 0.614 bits per heavy atom. The lowest BCUT2D eigenvalue weighted by Crippen LogP contribution is -2.59. The van der Waals surface area contributed by atoms with E-state index in [-0.39, 0.29) is 36.8 Å². The summed E-state index contributed by atoms with van der Waals surface area (Å²) in [5, 5.41) is 34.4. The molecule has 57 heavy (non-hydrogen) atoms. The number of phenols is 3. The van der Waals surface area contributed by atoms with Gasteiger partial charge in [0.25, 0.3) is 0 Å². The molecule has 0 bridgehead atoms. The molecule has 1 fully saturated rings. The molecule has 1 aliphatic heterocycles. The van der Waals surface area contributed by atoms with Gasteiger partial charge in [-0.25, -0.2) is 4.79 Å². The van der Waals surface area contributed by atoms with E-state index in [0.29, 0.717) is 50.1 Å². The number of hydrogen-bond acceptors (Lipinski definition) is 6. The monoisotopic (exact) mass is 783 g/mol. The summed E-state index contributed by atoms with van der Waals surface area (Å²) in [6.45, 7) is 36.0. The van der Waals surface area contributed by atoms with Crippen LogP contribution < -0.4 is 0 Å². The average molecular weight is 783 g/mol. The van der Waals surface area contributed by atoms with Gasteiger partial charge in [-0.15, -0.1) is 0 Å². The Balaban J connectivity index is 1.96. The number of imide groups is 2. The highest BCUT2D eigenvalue weighted by atomic mass is 16.3. The summed E-state index contributed by atoms with van der Waals surface area (Å²) < 4.78 is 0. The predicted molar refractivity (Wildman–Crippen MR) is 230 cm³/mol. The summed E-state index contributed by atoms with van der Waals surface area (Å²) >= 11 is 0. The maximum Gasteiger partial charge on any atom is 0.334 e. The quantitative estimate of drug-likeness (QED) is 0.214. The molecular weight excluding hydrogens is 713 g/mol. The van der Waals surface area contributed by atoms with E-state index in [4.69, 9.17) is 0 Å². The first-order valence-electron chi connectivity index (χ1n) is 20.3.